The van der Waals surface area contributed by atoms with Crippen molar-refractivity contribution in [2.45, 2.75) is 24.1 Å². The summed E-state index contributed by atoms with van der Waals surface area (Å²) in [6.07, 6.45) is 0. The predicted octanol–water partition coefficient (Wildman–Crippen LogP) is 4.52. The molecule has 0 saturated carbocycles. The van der Waals surface area contributed by atoms with Crippen molar-refractivity contribution in [3.8, 4) is 11.5 Å². The van der Waals surface area contributed by atoms with E-state index in [-0.39, 0.29) is 5.37 Å². The number of benzene rings is 2. The fourth-order valence-electron chi connectivity index (χ4n) is 3.24. The molecule has 27 heavy (non-hydrogen) atoms. The molecule has 0 aliphatic carbocycles. The highest BCUT2D eigenvalue weighted by atomic mass is 79.9. The first-order valence-electron chi connectivity index (χ1n) is 8.42. The van der Waals surface area contributed by atoms with Crippen LogP contribution in [0.25, 0.3) is 0 Å². The maximum absolute atomic E-state index is 13.5. The second-order valence-electron chi connectivity index (χ2n) is 6.24. The SMILES string of the molecule is COc1ccc(Br)cc1C1SCCN1S(=O)(=O)c1ccc(OC)c(C)c1C. The van der Waals surface area contributed by atoms with Gasteiger partial charge in [0.1, 0.15) is 11.5 Å². The summed E-state index contributed by atoms with van der Waals surface area (Å²) in [5.74, 6) is 2.10. The van der Waals surface area contributed by atoms with Gasteiger partial charge in [-0.2, -0.15) is 4.31 Å². The molecule has 1 aliphatic heterocycles. The van der Waals surface area contributed by atoms with E-state index < -0.39 is 10.0 Å². The molecule has 1 heterocycles. The number of thioether (sulfide) groups is 1. The van der Waals surface area contributed by atoms with Gasteiger partial charge in [0.05, 0.1) is 24.5 Å². The zero-order valence-corrected chi connectivity index (χ0v) is 18.9. The molecule has 0 radical (unpaired) electrons. The number of ether oxygens (including phenoxy) is 2. The summed E-state index contributed by atoms with van der Waals surface area (Å²) in [4.78, 5) is 0.322. The molecular weight excluding hydrogens is 450 g/mol. The van der Waals surface area contributed by atoms with E-state index in [9.17, 15) is 8.42 Å². The number of sulfonamides is 1. The number of hydrogen-bond donors (Lipinski definition) is 0. The molecule has 1 saturated heterocycles. The Labute approximate surface area is 173 Å². The Morgan fingerprint density at radius 1 is 1.07 bits per heavy atom. The van der Waals surface area contributed by atoms with E-state index in [0.717, 1.165) is 21.4 Å². The van der Waals surface area contributed by atoms with E-state index >= 15 is 0 Å². The van der Waals surface area contributed by atoms with Crippen molar-refractivity contribution in [2.75, 3.05) is 26.5 Å². The zero-order valence-electron chi connectivity index (χ0n) is 15.7. The van der Waals surface area contributed by atoms with Crippen molar-refractivity contribution < 1.29 is 17.9 Å². The third-order valence-corrected chi connectivity index (χ3v) is 8.68. The minimum absolute atomic E-state index is 0.322. The van der Waals surface area contributed by atoms with Crippen LogP contribution < -0.4 is 9.47 Å². The quantitative estimate of drug-likeness (QED) is 0.641. The van der Waals surface area contributed by atoms with Gasteiger partial charge in [-0.3, -0.25) is 0 Å². The van der Waals surface area contributed by atoms with Crippen molar-refractivity contribution in [2.24, 2.45) is 0 Å². The van der Waals surface area contributed by atoms with Gasteiger partial charge in [0.25, 0.3) is 0 Å². The van der Waals surface area contributed by atoms with Crippen molar-refractivity contribution in [1.82, 2.24) is 4.31 Å². The second-order valence-corrected chi connectivity index (χ2v) is 10.2. The topological polar surface area (TPSA) is 55.8 Å². The number of methoxy groups -OCH3 is 2. The lowest BCUT2D eigenvalue weighted by Crippen LogP contribution is -2.31. The lowest BCUT2D eigenvalue weighted by molar-refractivity contribution is 0.390. The lowest BCUT2D eigenvalue weighted by atomic mass is 10.1. The Morgan fingerprint density at radius 3 is 2.41 bits per heavy atom. The molecule has 0 bridgehead atoms. The van der Waals surface area contributed by atoms with E-state index in [2.05, 4.69) is 15.9 Å². The minimum atomic E-state index is -3.67. The summed E-state index contributed by atoms with van der Waals surface area (Å²) in [6, 6.07) is 9.02. The van der Waals surface area contributed by atoms with Gasteiger partial charge in [-0.05, 0) is 55.3 Å². The summed E-state index contributed by atoms with van der Waals surface area (Å²) in [7, 11) is -0.481. The molecule has 0 amide bonds. The van der Waals surface area contributed by atoms with Gasteiger partial charge in [0.15, 0.2) is 0 Å². The van der Waals surface area contributed by atoms with Crippen LogP contribution in [0.5, 0.6) is 11.5 Å². The highest BCUT2D eigenvalue weighted by molar-refractivity contribution is 9.10. The second kappa shape index (κ2) is 8.03. The summed E-state index contributed by atoms with van der Waals surface area (Å²) in [6.45, 7) is 4.15. The molecule has 1 fully saturated rings. The summed E-state index contributed by atoms with van der Waals surface area (Å²) >= 11 is 5.08. The monoisotopic (exact) mass is 471 g/mol. The fourth-order valence-corrected chi connectivity index (χ4v) is 7.15. The van der Waals surface area contributed by atoms with Crippen molar-refractivity contribution in [1.29, 1.82) is 0 Å². The van der Waals surface area contributed by atoms with Gasteiger partial charge in [-0.1, -0.05) is 15.9 Å². The molecule has 1 atom stereocenters. The molecule has 3 rings (SSSR count). The number of halogens is 1. The van der Waals surface area contributed by atoms with Crippen LogP contribution in [-0.2, 0) is 10.0 Å². The lowest BCUT2D eigenvalue weighted by Gasteiger charge is -2.26. The first-order chi connectivity index (χ1) is 12.8. The van der Waals surface area contributed by atoms with Crippen LogP contribution in [0.2, 0.25) is 0 Å². The Morgan fingerprint density at radius 2 is 1.74 bits per heavy atom. The number of nitrogens with zero attached hydrogens (tertiary/aromatic N) is 1. The van der Waals surface area contributed by atoms with Gasteiger partial charge >= 0.3 is 0 Å². The van der Waals surface area contributed by atoms with Gasteiger partial charge < -0.3 is 9.47 Å². The van der Waals surface area contributed by atoms with E-state index in [4.69, 9.17) is 9.47 Å². The van der Waals surface area contributed by atoms with Crippen LogP contribution in [0, 0.1) is 13.8 Å². The van der Waals surface area contributed by atoms with Crippen LogP contribution in [0.1, 0.15) is 22.1 Å². The molecule has 2 aromatic carbocycles. The number of rotatable bonds is 5. The van der Waals surface area contributed by atoms with Gasteiger partial charge in [0, 0.05) is 22.3 Å². The predicted molar refractivity (Wildman–Crippen MR) is 112 cm³/mol. The molecule has 8 heteroatoms. The Bertz CT molecular complexity index is 962. The maximum Gasteiger partial charge on any atom is 0.244 e. The van der Waals surface area contributed by atoms with E-state index in [1.807, 2.05) is 32.0 Å². The van der Waals surface area contributed by atoms with Gasteiger partial charge in [-0.15, -0.1) is 11.8 Å². The van der Waals surface area contributed by atoms with Crippen molar-refractivity contribution in [3.63, 3.8) is 0 Å². The summed E-state index contributed by atoms with van der Waals surface area (Å²) in [5.41, 5.74) is 2.40. The minimum Gasteiger partial charge on any atom is -0.496 e. The smallest absolute Gasteiger partial charge is 0.244 e. The van der Waals surface area contributed by atoms with Crippen molar-refractivity contribution >= 4 is 37.7 Å². The van der Waals surface area contributed by atoms with Gasteiger partial charge in [-0.25, -0.2) is 8.42 Å². The Hall–Kier alpha value is -1.22. The average Bonchev–Trinajstić information content (AvgIpc) is 3.14. The molecule has 0 N–H and O–H groups in total. The molecule has 5 nitrogen and oxygen atoms in total. The third kappa shape index (κ3) is 3.72. The highest BCUT2D eigenvalue weighted by Crippen LogP contribution is 2.46. The first-order valence-corrected chi connectivity index (χ1v) is 11.7. The fraction of sp³-hybridized carbons (Fsp3) is 0.368. The Kier molecular flexibility index (Phi) is 6.10. The van der Waals surface area contributed by atoms with Crippen LogP contribution in [0.3, 0.4) is 0 Å². The molecule has 2 aromatic rings. The highest BCUT2D eigenvalue weighted by Gasteiger charge is 2.39. The average molecular weight is 472 g/mol. The molecule has 1 unspecified atom stereocenters. The molecule has 0 spiro atoms. The molecule has 0 aromatic heterocycles. The van der Waals surface area contributed by atoms with Gasteiger partial charge in [0.2, 0.25) is 10.0 Å². The van der Waals surface area contributed by atoms with Crippen LogP contribution in [0.4, 0.5) is 0 Å². The largest absolute Gasteiger partial charge is 0.496 e. The summed E-state index contributed by atoms with van der Waals surface area (Å²) in [5, 5.41) is -0.329. The van der Waals surface area contributed by atoms with E-state index in [1.54, 1.807) is 42.4 Å². The Balaban J connectivity index is 2.07. The van der Waals surface area contributed by atoms with Crippen LogP contribution in [0.15, 0.2) is 39.7 Å². The number of hydrogen-bond acceptors (Lipinski definition) is 5. The van der Waals surface area contributed by atoms with Crippen LogP contribution in [-0.4, -0.2) is 39.2 Å². The van der Waals surface area contributed by atoms with E-state index in [1.165, 1.54) is 0 Å². The first kappa shape index (κ1) is 20.5. The normalized spacial score (nSPS) is 17.9. The van der Waals surface area contributed by atoms with Crippen LogP contribution >= 0.6 is 27.7 Å². The molecular formula is C19H22BrNO4S2. The molecule has 1 aliphatic rings. The standard InChI is InChI=1S/C19H22BrNO4S2/c1-12-13(2)18(8-7-16(12)24-3)27(22,23)21-9-10-26-19(21)15-11-14(20)5-6-17(15)25-4/h5-8,11,19H,9-10H2,1-4H3. The zero-order chi connectivity index (χ0) is 19.8. The van der Waals surface area contributed by atoms with Crippen molar-refractivity contribution in [3.05, 3.63) is 51.5 Å². The summed E-state index contributed by atoms with van der Waals surface area (Å²) < 4.78 is 40.2. The maximum atomic E-state index is 13.5. The van der Waals surface area contributed by atoms with E-state index in [0.29, 0.717) is 28.5 Å². The third-order valence-electron chi connectivity index (χ3n) is 4.80. The molecule has 146 valence electrons.